The quantitative estimate of drug-likeness (QED) is 0.736. The van der Waals surface area contributed by atoms with Crippen molar-refractivity contribution in [2.45, 2.75) is 6.42 Å². The molecule has 0 bridgehead atoms. The van der Waals surface area contributed by atoms with Crippen LogP contribution in [0.1, 0.15) is 11.3 Å². The lowest BCUT2D eigenvalue weighted by Gasteiger charge is -2.23. The molecule has 1 heterocycles. The Morgan fingerprint density at radius 1 is 0.950 bits per heavy atom. The van der Waals surface area contributed by atoms with E-state index in [1.54, 1.807) is 0 Å². The lowest BCUT2D eigenvalue weighted by Crippen LogP contribution is -2.13. The van der Waals surface area contributed by atoms with Gasteiger partial charge in [-0.2, -0.15) is 0 Å². The van der Waals surface area contributed by atoms with E-state index in [2.05, 4.69) is 66.8 Å². The molecule has 0 amide bonds. The van der Waals surface area contributed by atoms with Crippen molar-refractivity contribution in [3.05, 3.63) is 83.6 Å². The first-order valence-corrected chi connectivity index (χ1v) is 7.02. The fourth-order valence-electron chi connectivity index (χ4n) is 2.91. The van der Waals surface area contributed by atoms with E-state index in [1.807, 2.05) is 6.07 Å². The molecule has 2 aliphatic rings. The van der Waals surface area contributed by atoms with Crippen molar-refractivity contribution in [1.82, 2.24) is 4.98 Å². The summed E-state index contributed by atoms with van der Waals surface area (Å²) in [5, 5.41) is 0. The van der Waals surface area contributed by atoms with E-state index < -0.39 is 0 Å². The summed E-state index contributed by atoms with van der Waals surface area (Å²) < 4.78 is 0. The van der Waals surface area contributed by atoms with E-state index in [1.165, 1.54) is 22.4 Å². The minimum atomic E-state index is 0.492. The SMILES string of the molecule is C1=CC2=Cc3ccc(-c4ccccc4)nc3CC2C=C1. The minimum Gasteiger partial charge on any atom is -0.252 e. The van der Waals surface area contributed by atoms with Crippen LogP contribution in [-0.4, -0.2) is 4.98 Å². The van der Waals surface area contributed by atoms with Gasteiger partial charge in [0.1, 0.15) is 0 Å². The van der Waals surface area contributed by atoms with Gasteiger partial charge in [0.2, 0.25) is 0 Å². The monoisotopic (exact) mass is 257 g/mol. The number of aromatic nitrogens is 1. The second kappa shape index (κ2) is 4.61. The van der Waals surface area contributed by atoms with Gasteiger partial charge in [-0.3, -0.25) is 4.98 Å². The first kappa shape index (κ1) is 11.4. The Morgan fingerprint density at radius 3 is 2.75 bits per heavy atom. The van der Waals surface area contributed by atoms with Crippen LogP contribution in [0.25, 0.3) is 17.3 Å². The molecule has 1 atom stereocenters. The van der Waals surface area contributed by atoms with Crippen LogP contribution in [0.2, 0.25) is 0 Å². The van der Waals surface area contributed by atoms with Crippen LogP contribution in [0, 0.1) is 5.92 Å². The van der Waals surface area contributed by atoms with Gasteiger partial charge in [0, 0.05) is 23.6 Å². The number of benzene rings is 1. The largest absolute Gasteiger partial charge is 0.252 e. The smallest absolute Gasteiger partial charge is 0.0705 e. The van der Waals surface area contributed by atoms with Crippen molar-refractivity contribution in [1.29, 1.82) is 0 Å². The van der Waals surface area contributed by atoms with Gasteiger partial charge in [0.05, 0.1) is 5.69 Å². The highest BCUT2D eigenvalue weighted by atomic mass is 14.7. The van der Waals surface area contributed by atoms with Gasteiger partial charge in [-0.1, -0.05) is 60.7 Å². The summed E-state index contributed by atoms with van der Waals surface area (Å²) in [6.45, 7) is 0. The standard InChI is InChI=1S/C19H15N/c1-2-6-14(7-3-1)18-11-10-17-12-15-8-4-5-9-16(15)13-19(17)20-18/h1-12,16H,13H2. The van der Waals surface area contributed by atoms with Crippen LogP contribution in [-0.2, 0) is 6.42 Å². The average Bonchev–Trinajstić information content (AvgIpc) is 2.53. The van der Waals surface area contributed by atoms with E-state index in [0.29, 0.717) is 5.92 Å². The maximum atomic E-state index is 4.87. The second-order valence-corrected chi connectivity index (χ2v) is 5.30. The Kier molecular flexibility index (Phi) is 2.63. The summed E-state index contributed by atoms with van der Waals surface area (Å²) in [6.07, 6.45) is 12.0. The number of hydrogen-bond acceptors (Lipinski definition) is 1. The van der Waals surface area contributed by atoms with Gasteiger partial charge in [-0.05, 0) is 23.3 Å². The molecule has 1 nitrogen and oxygen atoms in total. The second-order valence-electron chi connectivity index (χ2n) is 5.30. The first-order chi connectivity index (χ1) is 9.90. The van der Waals surface area contributed by atoms with Crippen LogP contribution in [0.4, 0.5) is 0 Å². The molecule has 0 saturated carbocycles. The third-order valence-corrected chi connectivity index (χ3v) is 3.99. The minimum absolute atomic E-state index is 0.492. The summed E-state index contributed by atoms with van der Waals surface area (Å²) in [6, 6.07) is 14.7. The molecule has 1 heteroatoms. The number of allylic oxidation sites excluding steroid dienone is 5. The molecule has 1 aromatic heterocycles. The Hall–Kier alpha value is -2.41. The number of hydrogen-bond donors (Lipinski definition) is 0. The zero-order valence-electron chi connectivity index (χ0n) is 11.2. The van der Waals surface area contributed by atoms with Crippen molar-refractivity contribution >= 4 is 6.08 Å². The molecule has 4 rings (SSSR count). The van der Waals surface area contributed by atoms with Gasteiger partial charge in [-0.15, -0.1) is 0 Å². The number of pyridine rings is 1. The molecule has 96 valence electrons. The van der Waals surface area contributed by atoms with Gasteiger partial charge in [0.15, 0.2) is 0 Å². The molecule has 2 aliphatic carbocycles. The predicted octanol–water partition coefficient (Wildman–Crippen LogP) is 4.43. The summed E-state index contributed by atoms with van der Waals surface area (Å²) in [4.78, 5) is 4.87. The van der Waals surface area contributed by atoms with Crippen molar-refractivity contribution < 1.29 is 0 Å². The molecule has 0 spiro atoms. The van der Waals surface area contributed by atoms with Crippen LogP contribution in [0.3, 0.4) is 0 Å². The van der Waals surface area contributed by atoms with Gasteiger partial charge in [0.25, 0.3) is 0 Å². The summed E-state index contributed by atoms with van der Waals surface area (Å²) in [5.74, 6) is 0.492. The molecule has 0 N–H and O–H groups in total. The summed E-state index contributed by atoms with van der Waals surface area (Å²) >= 11 is 0. The highest BCUT2D eigenvalue weighted by Crippen LogP contribution is 2.32. The van der Waals surface area contributed by atoms with E-state index in [4.69, 9.17) is 4.98 Å². The third kappa shape index (κ3) is 1.92. The average molecular weight is 257 g/mol. The predicted molar refractivity (Wildman–Crippen MR) is 83.1 cm³/mol. The van der Waals surface area contributed by atoms with Crippen LogP contribution < -0.4 is 0 Å². The van der Waals surface area contributed by atoms with E-state index >= 15 is 0 Å². The van der Waals surface area contributed by atoms with Crippen molar-refractivity contribution in [3.8, 4) is 11.3 Å². The van der Waals surface area contributed by atoms with E-state index in [9.17, 15) is 0 Å². The molecular weight excluding hydrogens is 242 g/mol. The molecular formula is C19H15N. The molecule has 1 aromatic carbocycles. The molecule has 0 fully saturated rings. The fourth-order valence-corrected chi connectivity index (χ4v) is 2.91. The molecule has 0 aliphatic heterocycles. The topological polar surface area (TPSA) is 12.9 Å². The van der Waals surface area contributed by atoms with Crippen LogP contribution in [0.15, 0.2) is 72.3 Å². The van der Waals surface area contributed by atoms with Crippen molar-refractivity contribution in [2.75, 3.05) is 0 Å². The maximum Gasteiger partial charge on any atom is 0.0705 e. The Balaban J connectivity index is 1.78. The van der Waals surface area contributed by atoms with Gasteiger partial charge in [-0.25, -0.2) is 0 Å². The maximum absolute atomic E-state index is 4.87. The fraction of sp³-hybridized carbons (Fsp3) is 0.105. The lowest BCUT2D eigenvalue weighted by molar-refractivity contribution is 0.738. The van der Waals surface area contributed by atoms with Crippen LogP contribution in [0.5, 0.6) is 0 Å². The zero-order chi connectivity index (χ0) is 13.4. The highest BCUT2D eigenvalue weighted by molar-refractivity contribution is 5.67. The van der Waals surface area contributed by atoms with Gasteiger partial charge < -0.3 is 0 Å². The van der Waals surface area contributed by atoms with E-state index in [-0.39, 0.29) is 0 Å². The Morgan fingerprint density at radius 2 is 1.85 bits per heavy atom. The summed E-state index contributed by atoms with van der Waals surface area (Å²) in [7, 11) is 0. The highest BCUT2D eigenvalue weighted by Gasteiger charge is 2.20. The zero-order valence-corrected chi connectivity index (χ0v) is 11.2. The first-order valence-electron chi connectivity index (χ1n) is 7.02. The lowest BCUT2D eigenvalue weighted by atomic mass is 9.83. The van der Waals surface area contributed by atoms with Crippen LogP contribution >= 0.6 is 0 Å². The normalized spacial score (nSPS) is 19.2. The Labute approximate surface area is 119 Å². The number of fused-ring (bicyclic) bond motifs is 2. The molecule has 1 unspecified atom stereocenters. The van der Waals surface area contributed by atoms with Gasteiger partial charge >= 0.3 is 0 Å². The molecule has 20 heavy (non-hydrogen) atoms. The summed E-state index contributed by atoms with van der Waals surface area (Å²) in [5.41, 5.74) is 6.12. The van der Waals surface area contributed by atoms with E-state index in [0.717, 1.165) is 12.1 Å². The third-order valence-electron chi connectivity index (χ3n) is 3.99. The molecule has 2 aromatic rings. The van der Waals surface area contributed by atoms with Crippen molar-refractivity contribution in [3.63, 3.8) is 0 Å². The molecule has 0 saturated heterocycles. The number of rotatable bonds is 1. The van der Waals surface area contributed by atoms with Crippen molar-refractivity contribution in [2.24, 2.45) is 5.92 Å². The Bertz CT molecular complexity index is 736. The molecule has 0 radical (unpaired) electrons. The number of nitrogens with zero attached hydrogens (tertiary/aromatic N) is 1.